The number of sulfonamides is 2. The highest BCUT2D eigenvalue weighted by molar-refractivity contribution is 7.93. The smallest absolute Gasteiger partial charge is 0.243 e. The molecule has 0 fully saturated rings. The molecule has 70 heavy (non-hydrogen) atoms. The van der Waals surface area contributed by atoms with Crippen LogP contribution in [0, 0.1) is 11.6 Å². The molecule has 0 saturated heterocycles. The lowest BCUT2D eigenvalue weighted by Gasteiger charge is -2.18. The van der Waals surface area contributed by atoms with E-state index in [4.69, 9.17) is 18.9 Å². The van der Waals surface area contributed by atoms with Gasteiger partial charge in [-0.2, -0.15) is 0 Å². The van der Waals surface area contributed by atoms with Gasteiger partial charge in [0, 0.05) is 25.2 Å². The summed E-state index contributed by atoms with van der Waals surface area (Å²) in [4.78, 5) is 31.6. The van der Waals surface area contributed by atoms with E-state index in [1.54, 1.807) is 48.5 Å². The fraction of sp³-hybridized carbons (Fsp3) is 0.238. The van der Waals surface area contributed by atoms with Gasteiger partial charge in [-0.3, -0.25) is 18.6 Å². The first-order chi connectivity index (χ1) is 33.7. The topological polar surface area (TPSA) is 294 Å². The van der Waals surface area contributed by atoms with Crippen LogP contribution < -0.4 is 28.4 Å². The van der Waals surface area contributed by atoms with Crippen molar-refractivity contribution in [1.29, 1.82) is 0 Å². The van der Waals surface area contributed by atoms with Crippen LogP contribution in [0.3, 0.4) is 0 Å². The predicted octanol–water partition coefficient (Wildman–Crippen LogP) is 4.09. The Morgan fingerprint density at radius 3 is 1.17 bits per heavy atom. The minimum atomic E-state index is -4.02. The second-order valence-electron chi connectivity index (χ2n) is 14.5. The van der Waals surface area contributed by atoms with E-state index in [0.29, 0.717) is 45.8 Å². The highest BCUT2D eigenvalue weighted by Gasteiger charge is 2.31. The van der Waals surface area contributed by atoms with Crippen molar-refractivity contribution >= 4 is 31.9 Å². The van der Waals surface area contributed by atoms with Gasteiger partial charge in [0.1, 0.15) is 70.1 Å². The zero-order valence-electron chi connectivity index (χ0n) is 37.9. The molecule has 0 spiro atoms. The van der Waals surface area contributed by atoms with Crippen molar-refractivity contribution in [1.82, 2.24) is 69.4 Å². The molecule has 24 nitrogen and oxygen atoms in total. The summed E-state index contributed by atoms with van der Waals surface area (Å²) in [6.07, 6.45) is 9.53. The van der Waals surface area contributed by atoms with Crippen molar-refractivity contribution < 1.29 is 44.6 Å². The molecule has 2 N–H and O–H groups in total. The van der Waals surface area contributed by atoms with Crippen LogP contribution in [-0.4, -0.2) is 125 Å². The highest BCUT2D eigenvalue weighted by Crippen LogP contribution is 2.39. The summed E-state index contributed by atoms with van der Waals surface area (Å²) in [5, 5.41) is 14.5. The minimum absolute atomic E-state index is 0.0551. The highest BCUT2D eigenvalue weighted by atomic mass is 32.2. The van der Waals surface area contributed by atoms with Gasteiger partial charge in [0.25, 0.3) is 0 Å². The fourth-order valence-corrected chi connectivity index (χ4v) is 8.40. The number of hydrogen-bond acceptors (Lipinski definition) is 20. The maximum Gasteiger partial charge on any atom is 0.243 e. The summed E-state index contributed by atoms with van der Waals surface area (Å²) in [6.45, 7) is 2.95. The van der Waals surface area contributed by atoms with E-state index >= 15 is 0 Å². The predicted molar refractivity (Wildman–Crippen MR) is 246 cm³/mol. The molecule has 0 radical (unpaired) electrons. The van der Waals surface area contributed by atoms with Crippen LogP contribution in [-0.2, 0) is 32.9 Å². The Kier molecular flexibility index (Phi) is 15.3. The SMILES string of the molecule is COc1cccc(OC)c1-n1c(NS(=O)(=O)[C@@H](C)Cc2ncc(F)cn2)nnc1-c1ccncn1.COc1cccc(OC)c1-n1c(NS(=O)(=O)[C@H](C)Cc2ncc(F)cn2)nnc1-c1ccncn1. The van der Waals surface area contributed by atoms with Crippen LogP contribution in [0.25, 0.3) is 34.4 Å². The number of aromatic nitrogens is 14. The third-order valence-corrected chi connectivity index (χ3v) is 13.4. The van der Waals surface area contributed by atoms with E-state index in [9.17, 15) is 25.6 Å². The van der Waals surface area contributed by atoms with Gasteiger partial charge in [-0.15, -0.1) is 20.4 Å². The molecule has 8 rings (SSSR count). The molecule has 0 aliphatic heterocycles. The van der Waals surface area contributed by atoms with Crippen molar-refractivity contribution in [3.8, 4) is 57.4 Å². The van der Waals surface area contributed by atoms with Crippen LogP contribution in [0.5, 0.6) is 23.0 Å². The fourth-order valence-electron chi connectivity index (χ4n) is 6.48. The summed E-state index contributed by atoms with van der Waals surface area (Å²) in [6, 6.07) is 13.4. The van der Waals surface area contributed by atoms with Crippen molar-refractivity contribution in [2.75, 3.05) is 37.9 Å². The summed E-state index contributed by atoms with van der Waals surface area (Å²) in [5.41, 5.74) is 1.50. The molecule has 364 valence electrons. The van der Waals surface area contributed by atoms with Crippen LogP contribution in [0.1, 0.15) is 25.5 Å². The molecule has 0 saturated carbocycles. The van der Waals surface area contributed by atoms with E-state index in [1.165, 1.54) is 76.5 Å². The lowest BCUT2D eigenvalue weighted by atomic mass is 10.2. The second-order valence-corrected chi connectivity index (χ2v) is 18.7. The first-order valence-electron chi connectivity index (χ1n) is 20.5. The second kappa shape index (κ2) is 21.7. The molecular formula is C42H42F2N16O8S2. The Hall–Kier alpha value is -8.40. The number of para-hydroxylation sites is 2. The van der Waals surface area contributed by atoms with Gasteiger partial charge in [0.2, 0.25) is 31.9 Å². The summed E-state index contributed by atoms with van der Waals surface area (Å²) >= 11 is 0. The summed E-state index contributed by atoms with van der Waals surface area (Å²) < 4.78 is 109. The van der Waals surface area contributed by atoms with Gasteiger partial charge in [-0.1, -0.05) is 12.1 Å². The maximum atomic E-state index is 13.2. The summed E-state index contributed by atoms with van der Waals surface area (Å²) in [7, 11) is -2.15. The number of halogens is 2. The van der Waals surface area contributed by atoms with Crippen LogP contribution in [0.4, 0.5) is 20.7 Å². The zero-order valence-corrected chi connectivity index (χ0v) is 39.5. The maximum absolute atomic E-state index is 13.2. The third-order valence-electron chi connectivity index (χ3n) is 10.0. The van der Waals surface area contributed by atoms with E-state index in [-0.39, 0.29) is 48.0 Å². The number of benzene rings is 2. The molecule has 0 aliphatic rings. The molecule has 28 heteroatoms. The van der Waals surface area contributed by atoms with Gasteiger partial charge < -0.3 is 18.9 Å². The van der Waals surface area contributed by atoms with Crippen molar-refractivity contribution in [2.45, 2.75) is 37.2 Å². The Balaban J connectivity index is 0.000000206. The largest absolute Gasteiger partial charge is 0.494 e. The van der Waals surface area contributed by atoms with Gasteiger partial charge in [0.05, 0.1) is 63.7 Å². The van der Waals surface area contributed by atoms with Crippen molar-refractivity contribution in [2.24, 2.45) is 0 Å². The summed E-state index contributed by atoms with van der Waals surface area (Å²) in [5.74, 6) is 0.877. The zero-order chi connectivity index (χ0) is 50.0. The van der Waals surface area contributed by atoms with Gasteiger partial charge in [-0.05, 0) is 50.2 Å². The number of nitrogens with zero attached hydrogens (tertiary/aromatic N) is 14. The molecule has 6 aromatic heterocycles. The average Bonchev–Trinajstić information content (AvgIpc) is 3.98. The van der Waals surface area contributed by atoms with E-state index in [1.807, 2.05) is 0 Å². The lowest BCUT2D eigenvalue weighted by molar-refractivity contribution is 0.391. The van der Waals surface area contributed by atoms with Gasteiger partial charge >= 0.3 is 0 Å². The minimum Gasteiger partial charge on any atom is -0.494 e. The standard InChI is InChI=1S/2C21H21FN8O4S/c2*1-13(9-18-24-10-14(22)11-25-18)35(31,32)29-21-28-27-20(15-7-8-23-12-26-15)30(21)19-16(33-2)5-4-6-17(19)34-3/h2*4-8,10-13H,9H2,1-3H3,(H,28,29)/t2*13-/m10/s1. The van der Waals surface area contributed by atoms with E-state index in [0.717, 1.165) is 24.8 Å². The Morgan fingerprint density at radius 2 is 0.871 bits per heavy atom. The molecule has 0 aliphatic carbocycles. The van der Waals surface area contributed by atoms with Gasteiger partial charge in [0.15, 0.2) is 23.3 Å². The molecule has 2 aromatic carbocycles. The molecule has 0 bridgehead atoms. The lowest BCUT2D eigenvalue weighted by Crippen LogP contribution is -2.29. The molecule has 0 amide bonds. The van der Waals surface area contributed by atoms with E-state index in [2.05, 4.69) is 69.7 Å². The van der Waals surface area contributed by atoms with Crippen molar-refractivity contribution in [3.05, 3.63) is 122 Å². The number of ether oxygens (including phenoxy) is 4. The molecule has 0 unspecified atom stereocenters. The first kappa shape index (κ1) is 49.5. The number of rotatable bonds is 18. The number of methoxy groups -OCH3 is 4. The quantitative estimate of drug-likeness (QED) is 0.122. The third kappa shape index (κ3) is 11.1. The first-order valence-corrected chi connectivity index (χ1v) is 23.6. The molecular weight excluding hydrogens is 959 g/mol. The number of nitrogens with one attached hydrogen (secondary N) is 2. The average molecular weight is 1000 g/mol. The number of hydrogen-bond donors (Lipinski definition) is 2. The Morgan fingerprint density at radius 1 is 0.529 bits per heavy atom. The molecule has 2 atom stereocenters. The van der Waals surface area contributed by atoms with Gasteiger partial charge in [-0.25, -0.2) is 65.5 Å². The van der Waals surface area contributed by atoms with E-state index < -0.39 is 42.2 Å². The molecule has 6 heterocycles. The molecule has 8 aromatic rings. The Bertz CT molecular complexity index is 3000. The van der Waals surface area contributed by atoms with Crippen LogP contribution in [0.15, 0.2) is 98.4 Å². The van der Waals surface area contributed by atoms with Crippen LogP contribution >= 0.6 is 0 Å². The normalized spacial score (nSPS) is 12.2. The Labute approximate surface area is 398 Å². The number of anilines is 2. The van der Waals surface area contributed by atoms with Crippen LogP contribution in [0.2, 0.25) is 0 Å². The van der Waals surface area contributed by atoms with Crippen molar-refractivity contribution in [3.63, 3.8) is 0 Å². The monoisotopic (exact) mass is 1000 g/mol.